The highest BCUT2D eigenvalue weighted by Gasteiger charge is 2.21. The minimum absolute atomic E-state index is 0.0198. The molecule has 1 amide bonds. The van der Waals surface area contributed by atoms with Crippen LogP contribution in [0.4, 0.5) is 5.69 Å². The highest BCUT2D eigenvalue weighted by atomic mass is 35.5. The van der Waals surface area contributed by atoms with Gasteiger partial charge < -0.3 is 15.4 Å². The van der Waals surface area contributed by atoms with Gasteiger partial charge in [0.2, 0.25) is 0 Å². The third kappa shape index (κ3) is 4.33. The largest absolute Gasteiger partial charge is 0.399 e. The predicted octanol–water partition coefficient (Wildman–Crippen LogP) is 1.72. The van der Waals surface area contributed by atoms with Crippen molar-refractivity contribution in [2.24, 2.45) is 0 Å². The molecule has 1 fully saturated rings. The monoisotopic (exact) mass is 311 g/mol. The van der Waals surface area contributed by atoms with Gasteiger partial charge in [-0.3, -0.25) is 9.69 Å². The van der Waals surface area contributed by atoms with Gasteiger partial charge in [-0.2, -0.15) is 0 Å². The molecule has 1 saturated heterocycles. The molecule has 0 spiro atoms. The van der Waals surface area contributed by atoms with Crippen LogP contribution in [0.2, 0.25) is 5.02 Å². The average Bonchev–Trinajstić information content (AvgIpc) is 2.70. The molecule has 0 atom stereocenters. The van der Waals surface area contributed by atoms with Gasteiger partial charge in [0.15, 0.2) is 0 Å². The van der Waals surface area contributed by atoms with E-state index in [-0.39, 0.29) is 5.91 Å². The molecular weight excluding hydrogens is 290 g/mol. The highest BCUT2D eigenvalue weighted by molar-refractivity contribution is 6.34. The SMILES string of the molecule is COCCN1CCCN(C(=O)c2ccc(N)cc2Cl)CC1. The molecule has 0 aromatic heterocycles. The van der Waals surface area contributed by atoms with Crippen LogP contribution in [0.5, 0.6) is 0 Å². The normalized spacial score (nSPS) is 16.8. The number of nitrogen functional groups attached to an aromatic ring is 1. The van der Waals surface area contributed by atoms with Crippen LogP contribution in [0.25, 0.3) is 0 Å². The number of nitrogens with two attached hydrogens (primary N) is 1. The van der Waals surface area contributed by atoms with E-state index >= 15 is 0 Å². The molecule has 1 aromatic rings. The molecule has 1 aromatic carbocycles. The van der Waals surface area contributed by atoms with Crippen molar-refractivity contribution in [1.29, 1.82) is 0 Å². The van der Waals surface area contributed by atoms with E-state index in [0.29, 0.717) is 22.8 Å². The Morgan fingerprint density at radius 1 is 1.33 bits per heavy atom. The number of methoxy groups -OCH3 is 1. The van der Waals surface area contributed by atoms with E-state index < -0.39 is 0 Å². The molecular formula is C15H22ClN3O2. The summed E-state index contributed by atoms with van der Waals surface area (Å²) in [5.41, 5.74) is 6.76. The standard InChI is InChI=1S/C15H22ClN3O2/c1-21-10-9-18-5-2-6-19(8-7-18)15(20)13-4-3-12(17)11-14(13)16/h3-4,11H,2,5-10,17H2,1H3. The van der Waals surface area contributed by atoms with Crippen LogP contribution in [-0.4, -0.2) is 62.1 Å². The van der Waals surface area contributed by atoms with Crippen molar-refractivity contribution in [2.75, 3.05) is 52.2 Å². The molecule has 1 aliphatic rings. The number of nitrogens with zero attached hydrogens (tertiary/aromatic N) is 2. The molecule has 0 saturated carbocycles. The number of carbonyl (C=O) groups excluding carboxylic acids is 1. The van der Waals surface area contributed by atoms with Gasteiger partial charge >= 0.3 is 0 Å². The molecule has 0 radical (unpaired) electrons. The van der Waals surface area contributed by atoms with E-state index in [1.807, 2.05) is 4.90 Å². The van der Waals surface area contributed by atoms with Crippen LogP contribution in [-0.2, 0) is 4.74 Å². The number of rotatable bonds is 4. The third-order valence-electron chi connectivity index (χ3n) is 3.71. The first-order valence-electron chi connectivity index (χ1n) is 7.17. The number of ether oxygens (including phenoxy) is 1. The van der Waals surface area contributed by atoms with Crippen molar-refractivity contribution in [1.82, 2.24) is 9.80 Å². The molecule has 21 heavy (non-hydrogen) atoms. The fraction of sp³-hybridized carbons (Fsp3) is 0.533. The zero-order chi connectivity index (χ0) is 15.2. The van der Waals surface area contributed by atoms with Gasteiger partial charge in [0.25, 0.3) is 5.91 Å². The Balaban J connectivity index is 1.99. The lowest BCUT2D eigenvalue weighted by molar-refractivity contribution is 0.0759. The Labute approximate surface area is 130 Å². The minimum atomic E-state index is -0.0198. The molecule has 0 unspecified atom stereocenters. The van der Waals surface area contributed by atoms with E-state index in [1.54, 1.807) is 25.3 Å². The molecule has 0 bridgehead atoms. The van der Waals surface area contributed by atoms with Crippen molar-refractivity contribution in [3.63, 3.8) is 0 Å². The Kier molecular flexibility index (Phi) is 5.85. The summed E-state index contributed by atoms with van der Waals surface area (Å²) in [6, 6.07) is 5.03. The van der Waals surface area contributed by atoms with Gasteiger partial charge in [-0.25, -0.2) is 0 Å². The molecule has 2 N–H and O–H groups in total. The van der Waals surface area contributed by atoms with Crippen molar-refractivity contribution in [2.45, 2.75) is 6.42 Å². The lowest BCUT2D eigenvalue weighted by Gasteiger charge is -2.22. The number of hydrogen-bond donors (Lipinski definition) is 1. The van der Waals surface area contributed by atoms with Crippen molar-refractivity contribution >= 4 is 23.2 Å². The lowest BCUT2D eigenvalue weighted by atomic mass is 10.1. The fourth-order valence-corrected chi connectivity index (χ4v) is 2.76. The second kappa shape index (κ2) is 7.64. The second-order valence-electron chi connectivity index (χ2n) is 5.22. The van der Waals surface area contributed by atoms with Gasteiger partial charge in [0.1, 0.15) is 0 Å². The zero-order valence-corrected chi connectivity index (χ0v) is 13.1. The van der Waals surface area contributed by atoms with Gasteiger partial charge in [-0.1, -0.05) is 11.6 Å². The van der Waals surface area contributed by atoms with Crippen LogP contribution in [0, 0.1) is 0 Å². The third-order valence-corrected chi connectivity index (χ3v) is 4.02. The van der Waals surface area contributed by atoms with Gasteiger partial charge in [-0.05, 0) is 31.2 Å². The van der Waals surface area contributed by atoms with E-state index in [1.165, 1.54) is 0 Å². The number of carbonyl (C=O) groups is 1. The first-order chi connectivity index (χ1) is 10.1. The van der Waals surface area contributed by atoms with Crippen LogP contribution in [0.1, 0.15) is 16.8 Å². The van der Waals surface area contributed by atoms with Crippen LogP contribution >= 0.6 is 11.6 Å². The second-order valence-corrected chi connectivity index (χ2v) is 5.63. The molecule has 1 heterocycles. The zero-order valence-electron chi connectivity index (χ0n) is 12.3. The number of halogens is 1. The molecule has 5 nitrogen and oxygen atoms in total. The summed E-state index contributed by atoms with van der Waals surface area (Å²) in [4.78, 5) is 16.7. The van der Waals surface area contributed by atoms with Crippen LogP contribution in [0.3, 0.4) is 0 Å². The first kappa shape index (κ1) is 16.1. The van der Waals surface area contributed by atoms with Crippen LogP contribution in [0.15, 0.2) is 18.2 Å². The van der Waals surface area contributed by atoms with Gasteiger partial charge in [0, 0.05) is 39.0 Å². The Morgan fingerprint density at radius 3 is 2.86 bits per heavy atom. The van der Waals surface area contributed by atoms with E-state index in [9.17, 15) is 4.79 Å². The summed E-state index contributed by atoms with van der Waals surface area (Å²) in [5, 5.41) is 0.417. The van der Waals surface area contributed by atoms with E-state index in [0.717, 1.165) is 39.2 Å². The summed E-state index contributed by atoms with van der Waals surface area (Å²) in [5.74, 6) is -0.0198. The number of anilines is 1. The Bertz CT molecular complexity index is 496. The molecule has 1 aliphatic heterocycles. The lowest BCUT2D eigenvalue weighted by Crippen LogP contribution is -2.36. The van der Waals surface area contributed by atoms with Gasteiger partial charge in [-0.15, -0.1) is 0 Å². The smallest absolute Gasteiger partial charge is 0.255 e. The Hall–Kier alpha value is -1.30. The van der Waals surface area contributed by atoms with Crippen molar-refractivity contribution in [3.05, 3.63) is 28.8 Å². The molecule has 0 aliphatic carbocycles. The quantitative estimate of drug-likeness (QED) is 0.860. The maximum atomic E-state index is 12.6. The molecule has 6 heteroatoms. The topological polar surface area (TPSA) is 58.8 Å². The maximum Gasteiger partial charge on any atom is 0.255 e. The minimum Gasteiger partial charge on any atom is -0.399 e. The van der Waals surface area contributed by atoms with Crippen molar-refractivity contribution < 1.29 is 9.53 Å². The molecule has 116 valence electrons. The number of benzene rings is 1. The number of amides is 1. The first-order valence-corrected chi connectivity index (χ1v) is 7.55. The van der Waals surface area contributed by atoms with Gasteiger partial charge in [0.05, 0.1) is 17.2 Å². The van der Waals surface area contributed by atoms with Crippen LogP contribution < -0.4 is 5.73 Å². The summed E-state index contributed by atoms with van der Waals surface area (Å²) in [6.07, 6.45) is 0.960. The molecule has 2 rings (SSSR count). The Morgan fingerprint density at radius 2 is 2.14 bits per heavy atom. The van der Waals surface area contributed by atoms with E-state index in [4.69, 9.17) is 22.1 Å². The predicted molar refractivity (Wildman–Crippen MR) is 84.7 cm³/mol. The fourth-order valence-electron chi connectivity index (χ4n) is 2.49. The highest BCUT2D eigenvalue weighted by Crippen LogP contribution is 2.21. The van der Waals surface area contributed by atoms with Crippen molar-refractivity contribution in [3.8, 4) is 0 Å². The number of hydrogen-bond acceptors (Lipinski definition) is 4. The summed E-state index contributed by atoms with van der Waals surface area (Å²) < 4.78 is 5.10. The average molecular weight is 312 g/mol. The summed E-state index contributed by atoms with van der Waals surface area (Å²) in [7, 11) is 1.71. The summed E-state index contributed by atoms with van der Waals surface area (Å²) in [6.45, 7) is 4.94. The van der Waals surface area contributed by atoms with E-state index in [2.05, 4.69) is 4.90 Å². The summed E-state index contributed by atoms with van der Waals surface area (Å²) >= 11 is 6.13. The maximum absolute atomic E-state index is 12.6.